The average molecular weight is 449 g/mol. The van der Waals surface area contributed by atoms with Crippen LogP contribution in [-0.2, 0) is 25.6 Å². The number of aliphatic hydroxyl groups excluding tert-OH is 1. The molecule has 1 aromatic carbocycles. The van der Waals surface area contributed by atoms with Gasteiger partial charge >= 0.3 is 5.97 Å². The molecule has 1 aliphatic rings. The van der Waals surface area contributed by atoms with Gasteiger partial charge in [-0.2, -0.15) is 0 Å². The van der Waals surface area contributed by atoms with E-state index in [2.05, 4.69) is 10.6 Å². The number of carbonyl (C=O) groups excluding carboxylic acids is 3. The van der Waals surface area contributed by atoms with E-state index in [1.165, 1.54) is 4.90 Å². The molecule has 4 atom stereocenters. The Hall–Kier alpha value is -2.98. The molecule has 2 rings (SSSR count). The molecule has 10 heteroatoms. The predicted molar refractivity (Wildman–Crippen MR) is 116 cm³/mol. The van der Waals surface area contributed by atoms with Crippen molar-refractivity contribution in [3.63, 3.8) is 0 Å². The number of hydrogen-bond donors (Lipinski definition) is 5. The van der Waals surface area contributed by atoms with Crippen LogP contribution in [-0.4, -0.2) is 76.1 Å². The van der Waals surface area contributed by atoms with E-state index in [4.69, 9.17) is 10.8 Å². The van der Waals surface area contributed by atoms with E-state index >= 15 is 0 Å². The van der Waals surface area contributed by atoms with E-state index in [0.717, 1.165) is 5.56 Å². The van der Waals surface area contributed by atoms with Crippen molar-refractivity contribution in [2.45, 2.75) is 57.3 Å². The summed E-state index contributed by atoms with van der Waals surface area (Å²) in [5, 5.41) is 23.8. The van der Waals surface area contributed by atoms with Crippen molar-refractivity contribution in [2.75, 3.05) is 13.2 Å². The number of nitrogens with one attached hydrogen (secondary N) is 2. The SMILES string of the molecule is CC(C)[C@H](NC(=O)[C@@H](N)CO)C(=O)N[C@@H](Cc1ccccc1)C(=O)N1CCC[C@H]1C(=O)O. The zero-order chi connectivity index (χ0) is 23.8. The molecular formula is C22H32N4O6. The molecule has 0 saturated carbocycles. The van der Waals surface area contributed by atoms with Crippen molar-refractivity contribution in [3.8, 4) is 0 Å². The van der Waals surface area contributed by atoms with E-state index < -0.39 is 54.5 Å². The number of carbonyl (C=O) groups is 4. The van der Waals surface area contributed by atoms with Gasteiger partial charge in [0, 0.05) is 13.0 Å². The van der Waals surface area contributed by atoms with Crippen LogP contribution in [0.15, 0.2) is 30.3 Å². The van der Waals surface area contributed by atoms with Gasteiger partial charge in [0.25, 0.3) is 0 Å². The van der Waals surface area contributed by atoms with Crippen LogP contribution in [0.2, 0.25) is 0 Å². The summed E-state index contributed by atoms with van der Waals surface area (Å²) < 4.78 is 0. The van der Waals surface area contributed by atoms with Crippen molar-refractivity contribution in [1.29, 1.82) is 0 Å². The molecular weight excluding hydrogens is 416 g/mol. The molecule has 1 heterocycles. The molecule has 0 aromatic heterocycles. The summed E-state index contributed by atoms with van der Waals surface area (Å²) in [5.74, 6) is -3.15. The predicted octanol–water partition coefficient (Wildman–Crippen LogP) is -0.750. The maximum absolute atomic E-state index is 13.3. The lowest BCUT2D eigenvalue weighted by Crippen LogP contribution is -2.59. The van der Waals surface area contributed by atoms with Gasteiger partial charge in [-0.25, -0.2) is 4.79 Å². The lowest BCUT2D eigenvalue weighted by atomic mass is 10.00. The van der Waals surface area contributed by atoms with Gasteiger partial charge in [0.05, 0.1) is 6.61 Å². The van der Waals surface area contributed by atoms with Gasteiger partial charge in [-0.05, 0) is 24.3 Å². The molecule has 3 amide bonds. The number of likely N-dealkylation sites (tertiary alicyclic amines) is 1. The molecule has 1 saturated heterocycles. The van der Waals surface area contributed by atoms with Gasteiger partial charge in [-0.3, -0.25) is 14.4 Å². The molecule has 0 bridgehead atoms. The quantitative estimate of drug-likeness (QED) is 0.314. The summed E-state index contributed by atoms with van der Waals surface area (Å²) in [6.07, 6.45) is 1.10. The molecule has 32 heavy (non-hydrogen) atoms. The van der Waals surface area contributed by atoms with E-state index in [0.29, 0.717) is 19.4 Å². The van der Waals surface area contributed by atoms with Gasteiger partial charge < -0.3 is 31.5 Å². The second kappa shape index (κ2) is 11.6. The van der Waals surface area contributed by atoms with Crippen molar-refractivity contribution in [2.24, 2.45) is 11.7 Å². The molecule has 176 valence electrons. The lowest BCUT2D eigenvalue weighted by molar-refractivity contribution is -0.149. The minimum atomic E-state index is -1.17. The van der Waals surface area contributed by atoms with Crippen LogP contribution in [0, 0.1) is 5.92 Å². The Labute approximate surface area is 187 Å². The minimum absolute atomic E-state index is 0.170. The maximum Gasteiger partial charge on any atom is 0.326 e. The number of nitrogens with two attached hydrogens (primary N) is 1. The number of carboxylic acids is 1. The topological polar surface area (TPSA) is 162 Å². The average Bonchev–Trinajstić information content (AvgIpc) is 3.26. The Morgan fingerprint density at radius 3 is 2.34 bits per heavy atom. The zero-order valence-corrected chi connectivity index (χ0v) is 18.4. The normalized spacial score (nSPS) is 18.7. The number of nitrogens with zero attached hydrogens (tertiary/aromatic N) is 1. The molecule has 0 spiro atoms. The third-order valence-electron chi connectivity index (χ3n) is 5.50. The van der Waals surface area contributed by atoms with Crippen molar-refractivity contribution in [1.82, 2.24) is 15.5 Å². The number of amides is 3. The van der Waals surface area contributed by atoms with Gasteiger partial charge in [-0.1, -0.05) is 44.2 Å². The first-order valence-corrected chi connectivity index (χ1v) is 10.7. The first kappa shape index (κ1) is 25.3. The number of aliphatic carboxylic acids is 1. The number of hydrogen-bond acceptors (Lipinski definition) is 6. The van der Waals surface area contributed by atoms with E-state index in [1.807, 2.05) is 30.3 Å². The number of carboxylic acid groups (broad SMARTS) is 1. The third-order valence-corrected chi connectivity index (χ3v) is 5.50. The summed E-state index contributed by atoms with van der Waals surface area (Å²) in [6, 6.07) is 4.97. The first-order chi connectivity index (χ1) is 15.1. The molecule has 10 nitrogen and oxygen atoms in total. The van der Waals surface area contributed by atoms with E-state index in [9.17, 15) is 24.3 Å². The van der Waals surface area contributed by atoms with Crippen LogP contribution in [0.5, 0.6) is 0 Å². The molecule has 0 radical (unpaired) electrons. The highest BCUT2D eigenvalue weighted by molar-refractivity contribution is 5.94. The Bertz CT molecular complexity index is 816. The van der Waals surface area contributed by atoms with Crippen LogP contribution in [0.25, 0.3) is 0 Å². The Morgan fingerprint density at radius 2 is 1.78 bits per heavy atom. The summed E-state index contributed by atoms with van der Waals surface area (Å²) in [4.78, 5) is 51.3. The van der Waals surface area contributed by atoms with Gasteiger partial charge in [0.1, 0.15) is 24.2 Å². The van der Waals surface area contributed by atoms with Crippen molar-refractivity contribution < 1.29 is 29.4 Å². The Morgan fingerprint density at radius 1 is 1.12 bits per heavy atom. The van der Waals surface area contributed by atoms with Crippen LogP contribution < -0.4 is 16.4 Å². The van der Waals surface area contributed by atoms with Gasteiger partial charge in [0.2, 0.25) is 17.7 Å². The number of aliphatic hydroxyl groups is 1. The van der Waals surface area contributed by atoms with Crippen molar-refractivity contribution >= 4 is 23.7 Å². The van der Waals surface area contributed by atoms with Gasteiger partial charge in [-0.15, -0.1) is 0 Å². The van der Waals surface area contributed by atoms with E-state index in [1.54, 1.807) is 13.8 Å². The van der Waals surface area contributed by atoms with Gasteiger partial charge in [0.15, 0.2) is 0 Å². The van der Waals surface area contributed by atoms with Crippen LogP contribution >= 0.6 is 0 Å². The lowest BCUT2D eigenvalue weighted by Gasteiger charge is -2.30. The summed E-state index contributed by atoms with van der Waals surface area (Å²) in [6.45, 7) is 3.18. The minimum Gasteiger partial charge on any atom is -0.480 e. The molecule has 6 N–H and O–H groups in total. The second-order valence-corrected chi connectivity index (χ2v) is 8.30. The standard InChI is InChI=1S/C22H32N4O6/c1-13(2)18(25-19(28)15(23)12-27)20(29)24-16(11-14-7-4-3-5-8-14)21(30)26-10-6-9-17(26)22(31)32/h3-5,7-8,13,15-18,27H,6,9-12,23H2,1-2H3,(H,24,29)(H,25,28)(H,31,32)/t15-,16-,17-,18-/m0/s1. The Kier molecular flexibility index (Phi) is 9.15. The summed E-state index contributed by atoms with van der Waals surface area (Å²) >= 11 is 0. The fourth-order valence-corrected chi connectivity index (χ4v) is 3.68. The zero-order valence-electron chi connectivity index (χ0n) is 18.4. The van der Waals surface area contributed by atoms with Crippen molar-refractivity contribution in [3.05, 3.63) is 35.9 Å². The molecule has 0 aliphatic carbocycles. The second-order valence-electron chi connectivity index (χ2n) is 8.30. The van der Waals surface area contributed by atoms with Crippen LogP contribution in [0.4, 0.5) is 0 Å². The monoisotopic (exact) mass is 448 g/mol. The summed E-state index contributed by atoms with van der Waals surface area (Å²) in [7, 11) is 0. The van der Waals surface area contributed by atoms with Crippen LogP contribution in [0.1, 0.15) is 32.3 Å². The Balaban J connectivity index is 2.24. The van der Waals surface area contributed by atoms with Crippen LogP contribution in [0.3, 0.4) is 0 Å². The molecule has 0 unspecified atom stereocenters. The highest BCUT2D eigenvalue weighted by atomic mass is 16.4. The fourth-order valence-electron chi connectivity index (χ4n) is 3.68. The van der Waals surface area contributed by atoms with E-state index in [-0.39, 0.29) is 12.3 Å². The molecule has 1 aromatic rings. The first-order valence-electron chi connectivity index (χ1n) is 10.7. The third kappa shape index (κ3) is 6.51. The largest absolute Gasteiger partial charge is 0.480 e. The smallest absolute Gasteiger partial charge is 0.326 e. The highest BCUT2D eigenvalue weighted by Crippen LogP contribution is 2.20. The highest BCUT2D eigenvalue weighted by Gasteiger charge is 2.38. The molecule has 1 fully saturated rings. The fraction of sp³-hybridized carbons (Fsp3) is 0.545. The molecule has 1 aliphatic heterocycles. The summed E-state index contributed by atoms with van der Waals surface area (Å²) in [5.41, 5.74) is 6.33. The number of rotatable bonds is 10. The number of benzene rings is 1. The maximum atomic E-state index is 13.3.